The van der Waals surface area contributed by atoms with E-state index in [2.05, 4.69) is 15.3 Å². The van der Waals surface area contributed by atoms with E-state index in [4.69, 9.17) is 20.3 Å². The van der Waals surface area contributed by atoms with Gasteiger partial charge in [-0.05, 0) is 0 Å². The summed E-state index contributed by atoms with van der Waals surface area (Å²) in [6.45, 7) is -0.284. The first-order valence-corrected chi connectivity index (χ1v) is 6.40. The van der Waals surface area contributed by atoms with Gasteiger partial charge in [-0.25, -0.2) is 4.98 Å². The maximum atomic E-state index is 10.3. The molecule has 0 radical (unpaired) electrons. The van der Waals surface area contributed by atoms with Crippen LogP contribution in [-0.4, -0.2) is 56.8 Å². The van der Waals surface area contributed by atoms with Crippen LogP contribution in [0.1, 0.15) is 18.3 Å². The molecule has 1 unspecified atom stereocenters. The van der Waals surface area contributed by atoms with E-state index < -0.39 is 24.3 Å². The predicted octanol–water partition coefficient (Wildman–Crippen LogP) is -1.99. The lowest BCUT2D eigenvalue weighted by molar-refractivity contribution is -0.189. The Morgan fingerprint density at radius 3 is 3.05 bits per heavy atom. The van der Waals surface area contributed by atoms with Crippen LogP contribution in [0.4, 0.5) is 5.82 Å². The summed E-state index contributed by atoms with van der Waals surface area (Å²) >= 11 is 0. The number of aliphatic hydroxyl groups excluding tert-OH is 2. The van der Waals surface area contributed by atoms with Gasteiger partial charge in [-0.15, -0.1) is 0 Å². The number of hydrogen-bond donors (Lipinski definition) is 5. The monoisotopic (exact) mass is 299 g/mol. The van der Waals surface area contributed by atoms with E-state index in [1.807, 2.05) is 0 Å². The Morgan fingerprint density at radius 2 is 2.43 bits per heavy atom. The number of nitrogens with zero attached hydrogens (tertiary/aromatic N) is 3. The summed E-state index contributed by atoms with van der Waals surface area (Å²) in [5.74, 6) is -1.64. The van der Waals surface area contributed by atoms with Crippen molar-refractivity contribution in [3.05, 3.63) is 12.0 Å². The molecule has 1 saturated heterocycles. The number of methoxy groups -OCH3 is 1. The summed E-state index contributed by atoms with van der Waals surface area (Å²) in [7, 11) is 1.28. The van der Waals surface area contributed by atoms with Crippen molar-refractivity contribution in [1.29, 1.82) is 0 Å². The molecule has 3 heterocycles. The molecule has 3 rings (SSSR count). The average molecular weight is 299 g/mol. The molecule has 0 saturated carbocycles. The van der Waals surface area contributed by atoms with Crippen molar-refractivity contribution in [2.24, 2.45) is 10.7 Å². The standard InChI is InChI=1S/C11H17N5O5/c1-20-11(19)8-9(14-10(12)15-11)16(4-13-8)7-2-5(18)6(3-17)21-7/h4-7,17-19H,2-3H2,1H3,(H3,12,14,15)/t5-,6+,7+,11?/m0/s1. The van der Waals surface area contributed by atoms with Gasteiger partial charge < -0.3 is 35.8 Å². The van der Waals surface area contributed by atoms with E-state index in [-0.39, 0.29) is 24.7 Å². The zero-order chi connectivity index (χ0) is 15.2. The number of imidazole rings is 1. The molecule has 2 aliphatic rings. The molecule has 1 aromatic heterocycles. The topological polar surface area (TPSA) is 147 Å². The van der Waals surface area contributed by atoms with Gasteiger partial charge in [-0.2, -0.15) is 4.99 Å². The van der Waals surface area contributed by atoms with E-state index in [0.29, 0.717) is 5.82 Å². The largest absolute Gasteiger partial charge is 0.394 e. The molecule has 116 valence electrons. The first-order chi connectivity index (χ1) is 9.98. The number of ether oxygens (including phenoxy) is 2. The fourth-order valence-corrected chi connectivity index (χ4v) is 2.50. The molecule has 0 aliphatic carbocycles. The lowest BCUT2D eigenvalue weighted by Gasteiger charge is -2.27. The van der Waals surface area contributed by atoms with Crippen LogP contribution in [0.3, 0.4) is 0 Å². The van der Waals surface area contributed by atoms with Crippen molar-refractivity contribution in [2.75, 3.05) is 19.0 Å². The number of aliphatic imine (C=N–C) groups is 1. The Hall–Kier alpha value is -1.72. The first-order valence-electron chi connectivity index (χ1n) is 6.40. The van der Waals surface area contributed by atoms with Crippen molar-refractivity contribution < 1.29 is 24.8 Å². The SMILES string of the molecule is COC1(O)N=C(N)Nc2c1ncn2[C@H]1C[C@H](O)[C@@H](CO)O1. The number of rotatable bonds is 3. The van der Waals surface area contributed by atoms with E-state index in [9.17, 15) is 10.2 Å². The zero-order valence-corrected chi connectivity index (χ0v) is 11.3. The Labute approximate surface area is 119 Å². The quantitative estimate of drug-likeness (QED) is 0.403. The minimum Gasteiger partial charge on any atom is -0.394 e. The Kier molecular flexibility index (Phi) is 3.34. The van der Waals surface area contributed by atoms with E-state index >= 15 is 0 Å². The molecule has 10 nitrogen and oxygen atoms in total. The van der Waals surface area contributed by atoms with E-state index in [1.165, 1.54) is 13.4 Å². The summed E-state index contributed by atoms with van der Waals surface area (Å²) in [5, 5.41) is 32.0. The first kappa shape index (κ1) is 14.2. The molecule has 4 atom stereocenters. The number of nitrogens with one attached hydrogen (secondary N) is 1. The van der Waals surface area contributed by atoms with E-state index in [0.717, 1.165) is 0 Å². The third-order valence-electron chi connectivity index (χ3n) is 3.60. The third kappa shape index (κ3) is 2.17. The Bertz CT molecular complexity index is 575. The molecule has 1 fully saturated rings. The van der Waals surface area contributed by atoms with Crippen LogP contribution < -0.4 is 11.1 Å². The highest BCUT2D eigenvalue weighted by Crippen LogP contribution is 2.37. The van der Waals surface area contributed by atoms with Crippen LogP contribution in [0.15, 0.2) is 11.3 Å². The second-order valence-corrected chi connectivity index (χ2v) is 4.90. The number of fused-ring (bicyclic) bond motifs is 1. The van der Waals surface area contributed by atoms with Gasteiger partial charge in [0.1, 0.15) is 18.1 Å². The maximum absolute atomic E-state index is 10.3. The molecule has 1 aromatic rings. The third-order valence-corrected chi connectivity index (χ3v) is 3.60. The molecule has 10 heteroatoms. The second-order valence-electron chi connectivity index (χ2n) is 4.90. The molecule has 0 aromatic carbocycles. The number of aliphatic hydroxyl groups is 3. The maximum Gasteiger partial charge on any atom is 0.319 e. The number of anilines is 1. The molecule has 0 bridgehead atoms. The Morgan fingerprint density at radius 1 is 1.67 bits per heavy atom. The van der Waals surface area contributed by atoms with E-state index in [1.54, 1.807) is 4.57 Å². The van der Waals surface area contributed by atoms with Crippen molar-refractivity contribution in [2.45, 2.75) is 30.8 Å². The molecule has 6 N–H and O–H groups in total. The van der Waals surface area contributed by atoms with Crippen molar-refractivity contribution in [1.82, 2.24) is 9.55 Å². The van der Waals surface area contributed by atoms with Gasteiger partial charge in [0.05, 0.1) is 19.0 Å². The molecule has 21 heavy (non-hydrogen) atoms. The van der Waals surface area contributed by atoms with Gasteiger partial charge in [0.25, 0.3) is 0 Å². The highest BCUT2D eigenvalue weighted by atomic mass is 16.6. The number of hydrogen-bond acceptors (Lipinski definition) is 9. The molecule has 0 amide bonds. The highest BCUT2D eigenvalue weighted by Gasteiger charge is 2.42. The van der Waals surface area contributed by atoms with Gasteiger partial charge in [0.15, 0.2) is 11.7 Å². The fourth-order valence-electron chi connectivity index (χ4n) is 2.50. The minimum atomic E-state index is -1.97. The number of nitrogens with two attached hydrogens (primary N) is 1. The lowest BCUT2D eigenvalue weighted by Crippen LogP contribution is -2.39. The van der Waals surface area contributed by atoms with Crippen LogP contribution >= 0.6 is 0 Å². The summed E-state index contributed by atoms with van der Waals surface area (Å²) in [4.78, 5) is 7.85. The van der Waals surface area contributed by atoms with Crippen LogP contribution in [0.2, 0.25) is 0 Å². The molecule has 0 spiro atoms. The van der Waals surface area contributed by atoms with Crippen molar-refractivity contribution in [3.63, 3.8) is 0 Å². The number of aromatic nitrogens is 2. The smallest absolute Gasteiger partial charge is 0.319 e. The minimum absolute atomic E-state index is 0.0362. The predicted molar refractivity (Wildman–Crippen MR) is 70.0 cm³/mol. The van der Waals surface area contributed by atoms with Crippen LogP contribution in [0.5, 0.6) is 0 Å². The van der Waals surface area contributed by atoms with Gasteiger partial charge in [-0.1, -0.05) is 0 Å². The van der Waals surface area contributed by atoms with Gasteiger partial charge >= 0.3 is 5.91 Å². The van der Waals surface area contributed by atoms with Gasteiger partial charge in [-0.3, -0.25) is 4.57 Å². The second kappa shape index (κ2) is 4.93. The highest BCUT2D eigenvalue weighted by molar-refractivity contribution is 5.94. The number of guanidine groups is 1. The normalized spacial score (nSPS) is 35.2. The summed E-state index contributed by atoms with van der Waals surface area (Å²) < 4.78 is 12.1. The van der Waals surface area contributed by atoms with Gasteiger partial charge in [0.2, 0.25) is 0 Å². The lowest BCUT2D eigenvalue weighted by atomic mass is 10.2. The van der Waals surface area contributed by atoms with Gasteiger partial charge in [0, 0.05) is 13.5 Å². The van der Waals surface area contributed by atoms with Crippen molar-refractivity contribution >= 4 is 11.8 Å². The summed E-state index contributed by atoms with van der Waals surface area (Å²) in [6.07, 6.45) is -0.295. The molecular weight excluding hydrogens is 282 g/mol. The molecule has 2 aliphatic heterocycles. The summed E-state index contributed by atoms with van der Waals surface area (Å²) in [6, 6.07) is 0. The Balaban J connectivity index is 1.95. The molecular formula is C11H17N5O5. The summed E-state index contributed by atoms with van der Waals surface area (Å²) in [5.41, 5.74) is 5.78. The van der Waals surface area contributed by atoms with Crippen LogP contribution in [0, 0.1) is 0 Å². The van der Waals surface area contributed by atoms with Crippen LogP contribution in [0.25, 0.3) is 0 Å². The zero-order valence-electron chi connectivity index (χ0n) is 11.3. The van der Waals surface area contributed by atoms with Crippen molar-refractivity contribution in [3.8, 4) is 0 Å². The average Bonchev–Trinajstić information content (AvgIpc) is 3.02. The fraction of sp³-hybridized carbons (Fsp3) is 0.636. The van der Waals surface area contributed by atoms with Crippen LogP contribution in [-0.2, 0) is 15.4 Å².